The van der Waals surface area contributed by atoms with Crippen LogP contribution in [0.25, 0.3) is 0 Å². The zero-order chi connectivity index (χ0) is 5.11. The monoisotopic (exact) mass is 228 g/mol. The van der Waals surface area contributed by atoms with E-state index in [0.29, 0.717) is 0 Å². The van der Waals surface area contributed by atoms with Gasteiger partial charge in [0.15, 0.2) is 0 Å². The number of halogens is 1. The summed E-state index contributed by atoms with van der Waals surface area (Å²) in [5.41, 5.74) is 0. The van der Waals surface area contributed by atoms with E-state index in [1.807, 2.05) is 18.2 Å². The minimum atomic E-state index is 0. The van der Waals surface area contributed by atoms with Gasteiger partial charge in [0.05, 0.1) is 0 Å². The first-order valence-corrected chi connectivity index (χ1v) is 3.18. The van der Waals surface area contributed by atoms with Crippen molar-refractivity contribution in [3.05, 3.63) is 33.9 Å². The van der Waals surface area contributed by atoms with Gasteiger partial charge in [0.2, 0.25) is 0 Å². The average Bonchev–Trinajstić information content (AvgIpc) is 1.69. The van der Waals surface area contributed by atoms with Crippen LogP contribution in [-0.4, -0.2) is 29.6 Å². The summed E-state index contributed by atoms with van der Waals surface area (Å²) in [5.74, 6) is 0. The van der Waals surface area contributed by atoms with E-state index in [2.05, 4.69) is 34.7 Å². The van der Waals surface area contributed by atoms with E-state index in [1.165, 1.54) is 3.57 Å². The van der Waals surface area contributed by atoms with E-state index < -0.39 is 0 Å². The van der Waals surface area contributed by atoms with Gasteiger partial charge in [-0.15, -0.1) is 0 Å². The maximum absolute atomic E-state index is 2.28. The first-order chi connectivity index (χ1) is 3.39. The quantitative estimate of drug-likeness (QED) is 0.467. The molecule has 0 aliphatic rings. The number of hydrogen-bond acceptors (Lipinski definition) is 0. The molecular formula is C6H6INa. The molecule has 2 heteroatoms. The van der Waals surface area contributed by atoms with Crippen molar-refractivity contribution < 1.29 is 0 Å². The topological polar surface area (TPSA) is 0 Å². The van der Waals surface area contributed by atoms with Gasteiger partial charge in [-0.2, -0.15) is 0 Å². The van der Waals surface area contributed by atoms with Crippen molar-refractivity contribution in [2.24, 2.45) is 0 Å². The predicted molar refractivity (Wildman–Crippen MR) is 46.3 cm³/mol. The van der Waals surface area contributed by atoms with Crippen molar-refractivity contribution in [1.82, 2.24) is 0 Å². The van der Waals surface area contributed by atoms with Crippen molar-refractivity contribution in [2.75, 3.05) is 0 Å². The van der Waals surface area contributed by atoms with Gasteiger partial charge in [0, 0.05) is 3.57 Å². The Morgan fingerprint density at radius 3 is 1.75 bits per heavy atom. The Labute approximate surface area is 85.1 Å². The summed E-state index contributed by atoms with van der Waals surface area (Å²) >= 11 is 2.28. The molecule has 0 aliphatic carbocycles. The van der Waals surface area contributed by atoms with Crippen LogP contribution in [0.1, 0.15) is 0 Å². The van der Waals surface area contributed by atoms with Crippen LogP contribution in [0.5, 0.6) is 0 Å². The molecule has 1 aromatic carbocycles. The summed E-state index contributed by atoms with van der Waals surface area (Å²) in [6.07, 6.45) is 0. The summed E-state index contributed by atoms with van der Waals surface area (Å²) in [6, 6.07) is 10.2. The fourth-order valence-corrected chi connectivity index (χ4v) is 0.830. The van der Waals surface area contributed by atoms with Crippen molar-refractivity contribution in [3.8, 4) is 0 Å². The molecule has 0 nitrogen and oxygen atoms in total. The van der Waals surface area contributed by atoms with Gasteiger partial charge < -0.3 is 0 Å². The second kappa shape index (κ2) is 4.79. The Balaban J connectivity index is 0.000000490. The Bertz CT molecular complexity index is 138. The molecule has 1 rings (SSSR count). The van der Waals surface area contributed by atoms with Crippen LogP contribution < -0.4 is 0 Å². The fraction of sp³-hybridized carbons (Fsp3) is 0. The van der Waals surface area contributed by atoms with Crippen LogP contribution in [0.3, 0.4) is 0 Å². The summed E-state index contributed by atoms with van der Waals surface area (Å²) in [7, 11) is 0. The van der Waals surface area contributed by atoms with Crippen molar-refractivity contribution >= 4 is 52.1 Å². The molecule has 0 unspecified atom stereocenters. The molecule has 0 heterocycles. The second-order valence-corrected chi connectivity index (χ2v) is 2.54. The summed E-state index contributed by atoms with van der Waals surface area (Å²) < 4.78 is 1.29. The molecule has 38 valence electrons. The Morgan fingerprint density at radius 2 is 1.50 bits per heavy atom. The molecule has 0 N–H and O–H groups in total. The number of benzene rings is 1. The summed E-state index contributed by atoms with van der Waals surface area (Å²) in [6.45, 7) is 0. The van der Waals surface area contributed by atoms with E-state index in [1.54, 1.807) is 0 Å². The molecule has 0 aromatic heterocycles. The summed E-state index contributed by atoms with van der Waals surface area (Å²) in [5, 5.41) is 0. The molecule has 0 bridgehead atoms. The third kappa shape index (κ3) is 3.07. The molecule has 0 saturated carbocycles. The first-order valence-electron chi connectivity index (χ1n) is 2.10. The van der Waals surface area contributed by atoms with E-state index in [9.17, 15) is 0 Å². The van der Waals surface area contributed by atoms with Crippen LogP contribution in [0.4, 0.5) is 0 Å². The molecular weight excluding hydrogens is 222 g/mol. The van der Waals surface area contributed by atoms with E-state index in [4.69, 9.17) is 0 Å². The Hall–Kier alpha value is 0.950. The minimum absolute atomic E-state index is 0. The number of rotatable bonds is 0. The van der Waals surface area contributed by atoms with Gasteiger partial charge in [-0.3, -0.25) is 0 Å². The van der Waals surface area contributed by atoms with Crippen LogP contribution in [0.15, 0.2) is 30.3 Å². The van der Waals surface area contributed by atoms with Crippen molar-refractivity contribution in [1.29, 1.82) is 0 Å². The van der Waals surface area contributed by atoms with Crippen LogP contribution in [0, 0.1) is 3.57 Å². The predicted octanol–water partition coefficient (Wildman–Crippen LogP) is 1.64. The SMILES string of the molecule is Ic1ccccc1.[NaH]. The maximum atomic E-state index is 2.28. The molecule has 0 atom stereocenters. The second-order valence-electron chi connectivity index (χ2n) is 1.30. The first kappa shape index (κ1) is 8.95. The standard InChI is InChI=1S/C6H5I.Na.H/c7-6-4-2-1-3-5-6;;/h1-5H;;. The molecule has 0 amide bonds. The van der Waals surface area contributed by atoms with Gasteiger partial charge in [-0.05, 0) is 34.7 Å². The average molecular weight is 228 g/mol. The van der Waals surface area contributed by atoms with Gasteiger partial charge in [-0.25, -0.2) is 0 Å². The number of hydrogen-bond donors (Lipinski definition) is 0. The molecule has 1 aromatic rings. The zero-order valence-electron chi connectivity index (χ0n) is 3.76. The molecule has 0 saturated heterocycles. The van der Waals surface area contributed by atoms with Gasteiger partial charge in [0.1, 0.15) is 0 Å². The third-order valence-electron chi connectivity index (χ3n) is 0.733. The summed E-state index contributed by atoms with van der Waals surface area (Å²) in [4.78, 5) is 0. The normalized spacial score (nSPS) is 7.62. The van der Waals surface area contributed by atoms with Crippen molar-refractivity contribution in [3.63, 3.8) is 0 Å². The van der Waals surface area contributed by atoms with Crippen LogP contribution in [-0.2, 0) is 0 Å². The van der Waals surface area contributed by atoms with E-state index >= 15 is 0 Å². The molecule has 0 aliphatic heterocycles. The van der Waals surface area contributed by atoms with Crippen LogP contribution >= 0.6 is 22.6 Å². The zero-order valence-corrected chi connectivity index (χ0v) is 5.92. The molecule has 0 fully saturated rings. The van der Waals surface area contributed by atoms with Gasteiger partial charge >= 0.3 is 29.6 Å². The molecule has 0 spiro atoms. The molecule has 0 radical (unpaired) electrons. The van der Waals surface area contributed by atoms with E-state index in [-0.39, 0.29) is 29.6 Å². The van der Waals surface area contributed by atoms with Gasteiger partial charge in [0.25, 0.3) is 0 Å². The Morgan fingerprint density at radius 1 is 1.00 bits per heavy atom. The Kier molecular flexibility index (Phi) is 5.36. The fourth-order valence-electron chi connectivity index (χ4n) is 0.415. The third-order valence-corrected chi connectivity index (χ3v) is 1.45. The van der Waals surface area contributed by atoms with Gasteiger partial charge in [-0.1, -0.05) is 18.2 Å². The van der Waals surface area contributed by atoms with Crippen LogP contribution in [0.2, 0.25) is 0 Å². The van der Waals surface area contributed by atoms with Crippen molar-refractivity contribution in [2.45, 2.75) is 0 Å². The van der Waals surface area contributed by atoms with E-state index in [0.717, 1.165) is 0 Å². The molecule has 8 heavy (non-hydrogen) atoms.